The molecule has 1 N–H and O–H groups in total. The van der Waals surface area contributed by atoms with Gasteiger partial charge in [0.1, 0.15) is 0 Å². The lowest BCUT2D eigenvalue weighted by Crippen LogP contribution is -2.44. The van der Waals surface area contributed by atoms with Gasteiger partial charge in [-0.2, -0.15) is 0 Å². The van der Waals surface area contributed by atoms with Crippen LogP contribution in [0.4, 0.5) is 11.4 Å². The lowest BCUT2D eigenvalue weighted by molar-refractivity contribution is -0.386. The molecule has 2 fully saturated rings. The summed E-state index contributed by atoms with van der Waals surface area (Å²) >= 11 is 1.26. The minimum atomic E-state index is -0.679. The molecule has 172 valence electrons. The lowest BCUT2D eigenvalue weighted by atomic mass is 9.85. The van der Waals surface area contributed by atoms with Gasteiger partial charge in [-0.05, 0) is 60.4 Å². The van der Waals surface area contributed by atoms with Crippen molar-refractivity contribution in [3.63, 3.8) is 0 Å². The third-order valence-corrected chi connectivity index (χ3v) is 6.99. The van der Waals surface area contributed by atoms with Crippen LogP contribution in [0.1, 0.15) is 38.2 Å². The number of nitro benzene ring substituents is 1. The average Bonchev–Trinajstić information content (AvgIpc) is 3.10. The molecule has 33 heavy (non-hydrogen) atoms. The fraction of sp³-hybridized carbons (Fsp3) is 0.333. The molecule has 0 bridgehead atoms. The van der Waals surface area contributed by atoms with Crippen molar-refractivity contribution in [2.24, 2.45) is 10.9 Å². The van der Waals surface area contributed by atoms with E-state index in [1.165, 1.54) is 31.0 Å². The van der Waals surface area contributed by atoms with Crippen molar-refractivity contribution in [3.05, 3.63) is 63.0 Å². The van der Waals surface area contributed by atoms with Crippen molar-refractivity contribution in [1.29, 1.82) is 0 Å². The zero-order valence-corrected chi connectivity index (χ0v) is 19.2. The number of amides is 1. The number of aliphatic imine (C=N–C) groups is 1. The number of nitro groups is 1. The van der Waals surface area contributed by atoms with E-state index in [0.717, 1.165) is 31.4 Å². The molecule has 9 heteroatoms. The van der Waals surface area contributed by atoms with Crippen molar-refractivity contribution < 1.29 is 19.6 Å². The summed E-state index contributed by atoms with van der Waals surface area (Å²) in [5.74, 6) is -0.386. The van der Waals surface area contributed by atoms with Crippen LogP contribution < -0.4 is 4.74 Å². The molecule has 1 saturated heterocycles. The summed E-state index contributed by atoms with van der Waals surface area (Å²) in [5, 5.41) is 22.0. The molecule has 8 nitrogen and oxygen atoms in total. The third kappa shape index (κ3) is 4.73. The van der Waals surface area contributed by atoms with Gasteiger partial charge >= 0.3 is 5.69 Å². The third-order valence-electron chi connectivity index (χ3n) is 6.01. The van der Waals surface area contributed by atoms with Crippen LogP contribution in [0.2, 0.25) is 0 Å². The van der Waals surface area contributed by atoms with Gasteiger partial charge in [0.05, 0.1) is 22.6 Å². The smallest absolute Gasteiger partial charge is 0.315 e. The summed E-state index contributed by atoms with van der Waals surface area (Å²) in [6, 6.07) is 12.2. The Morgan fingerprint density at radius 2 is 1.97 bits per heavy atom. The van der Waals surface area contributed by atoms with Crippen LogP contribution >= 0.6 is 11.8 Å². The normalized spacial score (nSPS) is 23.3. The Morgan fingerprint density at radius 3 is 2.64 bits per heavy atom. The summed E-state index contributed by atoms with van der Waals surface area (Å²) in [6.45, 7) is 2.16. The number of nitrogens with zero attached hydrogens (tertiary/aromatic N) is 3. The zero-order valence-electron chi connectivity index (χ0n) is 18.4. The molecule has 1 heterocycles. The molecule has 2 aliphatic rings. The molecule has 2 aromatic carbocycles. The molecule has 0 spiro atoms. The Balaban J connectivity index is 1.76. The highest BCUT2D eigenvalue weighted by Gasteiger charge is 2.41. The molecule has 1 aliphatic heterocycles. The zero-order chi connectivity index (χ0) is 23.5. The van der Waals surface area contributed by atoms with Gasteiger partial charge in [-0.25, -0.2) is 4.99 Å². The van der Waals surface area contributed by atoms with Gasteiger partial charge in [0, 0.05) is 12.1 Å². The van der Waals surface area contributed by atoms with E-state index in [-0.39, 0.29) is 17.7 Å². The highest BCUT2D eigenvalue weighted by Crippen LogP contribution is 2.42. The number of ether oxygens (including phenoxy) is 1. The highest BCUT2D eigenvalue weighted by atomic mass is 32.2. The first-order chi connectivity index (χ1) is 15.9. The fourth-order valence-electron chi connectivity index (χ4n) is 4.29. The van der Waals surface area contributed by atoms with Gasteiger partial charge in [-0.1, -0.05) is 38.0 Å². The quantitative estimate of drug-likeness (QED) is 0.354. The van der Waals surface area contributed by atoms with Crippen LogP contribution in [0.25, 0.3) is 6.08 Å². The van der Waals surface area contributed by atoms with Gasteiger partial charge in [-0.15, -0.1) is 0 Å². The van der Waals surface area contributed by atoms with E-state index in [1.807, 2.05) is 30.3 Å². The van der Waals surface area contributed by atoms with Gasteiger partial charge in [-0.3, -0.25) is 19.8 Å². The molecule has 1 saturated carbocycles. The average molecular weight is 468 g/mol. The summed E-state index contributed by atoms with van der Waals surface area (Å²) in [7, 11) is 1.32. The first-order valence-corrected chi connectivity index (χ1v) is 11.6. The van der Waals surface area contributed by atoms with Gasteiger partial charge < -0.3 is 9.84 Å². The predicted molar refractivity (Wildman–Crippen MR) is 129 cm³/mol. The number of methoxy groups -OCH3 is 1. The number of aromatic hydroxyl groups is 1. The predicted octanol–water partition coefficient (Wildman–Crippen LogP) is 5.49. The van der Waals surface area contributed by atoms with Crippen molar-refractivity contribution in [2.45, 2.75) is 38.6 Å². The lowest BCUT2D eigenvalue weighted by Gasteiger charge is -2.35. The number of benzene rings is 2. The number of carbonyl (C=O) groups is 1. The number of para-hydroxylation sites is 1. The molecule has 0 aromatic heterocycles. The maximum Gasteiger partial charge on any atom is 0.315 e. The maximum atomic E-state index is 13.5. The molecule has 2 atom stereocenters. The Morgan fingerprint density at radius 1 is 1.24 bits per heavy atom. The van der Waals surface area contributed by atoms with E-state index in [0.29, 0.717) is 21.6 Å². The van der Waals surface area contributed by atoms with E-state index in [9.17, 15) is 20.0 Å². The second-order valence-corrected chi connectivity index (χ2v) is 9.20. The highest BCUT2D eigenvalue weighted by molar-refractivity contribution is 8.18. The van der Waals surface area contributed by atoms with Crippen LogP contribution in [0.3, 0.4) is 0 Å². The Kier molecular flexibility index (Phi) is 6.69. The number of amidine groups is 1. The Labute approximate surface area is 196 Å². The number of phenolic OH excluding ortho intramolecular Hbond substituents is 1. The number of hydrogen-bond donors (Lipinski definition) is 1. The Bertz CT molecular complexity index is 1130. The van der Waals surface area contributed by atoms with E-state index >= 15 is 0 Å². The standard InChI is InChI=1S/C24H25N3O5S/c1-15-8-6-7-11-18(15)26-23(29)21(33-24(26)25-17-9-4-3-5-10-17)14-16-12-19(27(30)31)22(28)20(13-16)32-2/h3-5,9-10,12-15,18,28H,6-8,11H2,1-2H3/b21-14-,25-24?/t15-,18-/m1/s1. The molecule has 0 unspecified atom stereocenters. The topological polar surface area (TPSA) is 105 Å². The second kappa shape index (κ2) is 9.66. The molecule has 4 rings (SSSR count). The van der Waals surface area contributed by atoms with Gasteiger partial charge in [0.25, 0.3) is 5.91 Å². The molecule has 1 aliphatic carbocycles. The minimum absolute atomic E-state index is 0.0255. The van der Waals surface area contributed by atoms with Crippen molar-refractivity contribution in [2.75, 3.05) is 7.11 Å². The fourth-order valence-corrected chi connectivity index (χ4v) is 5.34. The number of phenols is 1. The van der Waals surface area contributed by atoms with Crippen molar-refractivity contribution in [1.82, 2.24) is 4.90 Å². The first-order valence-electron chi connectivity index (χ1n) is 10.8. The largest absolute Gasteiger partial charge is 0.500 e. The van der Waals surface area contributed by atoms with E-state index < -0.39 is 16.4 Å². The number of carbonyl (C=O) groups excluding carboxylic acids is 1. The summed E-state index contributed by atoms with van der Waals surface area (Å²) in [5.41, 5.74) is 0.668. The number of hydrogen-bond acceptors (Lipinski definition) is 7. The molecular weight excluding hydrogens is 442 g/mol. The van der Waals surface area contributed by atoms with E-state index in [4.69, 9.17) is 9.73 Å². The Hall–Kier alpha value is -3.33. The van der Waals surface area contributed by atoms with Crippen LogP contribution in [0.15, 0.2) is 52.4 Å². The minimum Gasteiger partial charge on any atom is -0.500 e. The van der Waals surface area contributed by atoms with E-state index in [1.54, 1.807) is 11.0 Å². The summed E-state index contributed by atoms with van der Waals surface area (Å²) in [4.78, 5) is 31.2. The van der Waals surface area contributed by atoms with E-state index in [2.05, 4.69) is 6.92 Å². The van der Waals surface area contributed by atoms with Crippen LogP contribution in [-0.4, -0.2) is 39.2 Å². The monoisotopic (exact) mass is 467 g/mol. The van der Waals surface area contributed by atoms with Crippen LogP contribution in [-0.2, 0) is 4.79 Å². The molecular formula is C24H25N3O5S. The van der Waals surface area contributed by atoms with Gasteiger partial charge in [0.15, 0.2) is 10.9 Å². The summed E-state index contributed by atoms with van der Waals surface area (Å²) < 4.78 is 5.09. The molecule has 0 radical (unpaired) electrons. The van der Waals surface area contributed by atoms with Crippen LogP contribution in [0, 0.1) is 16.0 Å². The summed E-state index contributed by atoms with van der Waals surface area (Å²) in [6.07, 6.45) is 5.77. The number of thioether (sulfide) groups is 1. The van der Waals surface area contributed by atoms with Gasteiger partial charge in [0.2, 0.25) is 5.75 Å². The van der Waals surface area contributed by atoms with Crippen LogP contribution in [0.5, 0.6) is 11.5 Å². The van der Waals surface area contributed by atoms with Crippen molar-refractivity contribution >= 4 is 40.3 Å². The second-order valence-electron chi connectivity index (χ2n) is 8.19. The molecule has 1 amide bonds. The SMILES string of the molecule is COc1cc(/C=C2\SC(=Nc3ccccc3)N([C@@H]3CCCC[C@H]3C)C2=O)cc([N+](=O)[O-])c1O. The number of rotatable bonds is 5. The van der Waals surface area contributed by atoms with Crippen molar-refractivity contribution in [3.8, 4) is 11.5 Å². The molecule has 2 aromatic rings. The maximum absolute atomic E-state index is 13.5. The first kappa shape index (κ1) is 22.8.